The highest BCUT2D eigenvalue weighted by Gasteiger charge is 2.15. The summed E-state index contributed by atoms with van der Waals surface area (Å²) in [6, 6.07) is 3.86. The van der Waals surface area contributed by atoms with Crippen molar-refractivity contribution in [2.75, 3.05) is 27.0 Å². The number of guanidine groups is 1. The van der Waals surface area contributed by atoms with Gasteiger partial charge in [0.2, 0.25) is 5.88 Å². The first kappa shape index (κ1) is 20.3. The summed E-state index contributed by atoms with van der Waals surface area (Å²) >= 11 is 1.83. The van der Waals surface area contributed by atoms with E-state index in [9.17, 15) is 0 Å². The normalized spacial score (nSPS) is 11.6. The molecule has 0 fully saturated rings. The van der Waals surface area contributed by atoms with Crippen LogP contribution in [-0.2, 0) is 6.54 Å². The van der Waals surface area contributed by atoms with Crippen LogP contribution in [0.2, 0.25) is 0 Å². The maximum absolute atomic E-state index is 5.11. The lowest BCUT2D eigenvalue weighted by molar-refractivity contribution is 0.397. The minimum atomic E-state index is 0. The van der Waals surface area contributed by atoms with Crippen LogP contribution in [0.5, 0.6) is 5.88 Å². The first-order valence-electron chi connectivity index (χ1n) is 6.49. The fraction of sp³-hybridized carbons (Fsp3) is 0.571. The van der Waals surface area contributed by atoms with Gasteiger partial charge in [-0.15, -0.1) is 24.0 Å². The Morgan fingerprint density at radius 3 is 2.71 bits per heavy atom. The number of ether oxygens (including phenoxy) is 1. The van der Waals surface area contributed by atoms with E-state index in [1.54, 1.807) is 20.4 Å². The first-order chi connectivity index (χ1) is 9.50. The van der Waals surface area contributed by atoms with Crippen molar-refractivity contribution in [2.24, 2.45) is 4.99 Å². The van der Waals surface area contributed by atoms with Crippen molar-refractivity contribution in [1.82, 2.24) is 15.6 Å². The average Bonchev–Trinajstić information content (AvgIpc) is 2.47. The molecule has 0 aliphatic rings. The van der Waals surface area contributed by atoms with Gasteiger partial charge >= 0.3 is 0 Å². The van der Waals surface area contributed by atoms with Gasteiger partial charge < -0.3 is 15.4 Å². The molecule has 0 spiro atoms. The Balaban J connectivity index is 0.00000400. The lowest BCUT2D eigenvalue weighted by atomic mass is 10.2. The summed E-state index contributed by atoms with van der Waals surface area (Å²) in [5.41, 5.74) is 1.10. The van der Waals surface area contributed by atoms with E-state index >= 15 is 0 Å². The molecule has 0 saturated carbocycles. The van der Waals surface area contributed by atoms with Gasteiger partial charge in [0.15, 0.2) is 5.96 Å². The minimum Gasteiger partial charge on any atom is -0.481 e. The zero-order chi connectivity index (χ0) is 15.0. The third-order valence-corrected chi connectivity index (χ3v) is 4.18. The molecule has 2 N–H and O–H groups in total. The van der Waals surface area contributed by atoms with Gasteiger partial charge in [0.1, 0.15) is 0 Å². The molecule has 0 amide bonds. The lowest BCUT2D eigenvalue weighted by Gasteiger charge is -2.23. The number of nitrogens with zero attached hydrogens (tertiary/aromatic N) is 2. The highest BCUT2D eigenvalue weighted by molar-refractivity contribution is 14.0. The van der Waals surface area contributed by atoms with E-state index in [4.69, 9.17) is 4.74 Å². The molecule has 1 heterocycles. The molecule has 0 bridgehead atoms. The molecule has 21 heavy (non-hydrogen) atoms. The molecule has 0 atom stereocenters. The molecule has 0 aliphatic carbocycles. The Labute approximate surface area is 148 Å². The molecule has 0 aliphatic heterocycles. The second kappa shape index (κ2) is 10.1. The van der Waals surface area contributed by atoms with Gasteiger partial charge in [0, 0.05) is 37.1 Å². The zero-order valence-corrected chi connectivity index (χ0v) is 16.4. The maximum atomic E-state index is 5.11. The van der Waals surface area contributed by atoms with E-state index in [0.29, 0.717) is 12.4 Å². The first-order valence-corrected chi connectivity index (χ1v) is 7.72. The van der Waals surface area contributed by atoms with Crippen LogP contribution in [0, 0.1) is 0 Å². The number of pyridine rings is 1. The molecular weight excluding hydrogens is 399 g/mol. The minimum absolute atomic E-state index is 0. The van der Waals surface area contributed by atoms with Gasteiger partial charge in [-0.3, -0.25) is 4.99 Å². The van der Waals surface area contributed by atoms with E-state index < -0.39 is 0 Å². The third kappa shape index (κ3) is 7.75. The van der Waals surface area contributed by atoms with E-state index in [1.807, 2.05) is 23.9 Å². The predicted octanol–water partition coefficient (Wildman–Crippen LogP) is 2.51. The second-order valence-corrected chi connectivity index (χ2v) is 6.46. The van der Waals surface area contributed by atoms with Crippen molar-refractivity contribution in [2.45, 2.75) is 25.1 Å². The Bertz CT molecular complexity index is 454. The Kier molecular flexibility index (Phi) is 9.76. The molecule has 0 radical (unpaired) electrons. The van der Waals surface area contributed by atoms with Crippen molar-refractivity contribution in [1.29, 1.82) is 0 Å². The number of methoxy groups -OCH3 is 1. The molecule has 1 rings (SSSR count). The van der Waals surface area contributed by atoms with Crippen molar-refractivity contribution in [3.8, 4) is 5.88 Å². The summed E-state index contributed by atoms with van der Waals surface area (Å²) in [6.07, 6.45) is 3.85. The number of aliphatic imine (C=N–C) groups is 1. The van der Waals surface area contributed by atoms with Crippen LogP contribution in [0.15, 0.2) is 23.3 Å². The number of hydrogen-bond acceptors (Lipinski definition) is 4. The monoisotopic (exact) mass is 424 g/mol. The highest BCUT2D eigenvalue weighted by atomic mass is 127. The number of aromatic nitrogens is 1. The van der Waals surface area contributed by atoms with Gasteiger partial charge in [-0.1, -0.05) is 0 Å². The summed E-state index contributed by atoms with van der Waals surface area (Å²) < 4.78 is 5.29. The number of halogens is 1. The smallest absolute Gasteiger partial charge is 0.213 e. The van der Waals surface area contributed by atoms with Gasteiger partial charge in [0.05, 0.1) is 7.11 Å². The van der Waals surface area contributed by atoms with Crippen molar-refractivity contribution in [3.63, 3.8) is 0 Å². The van der Waals surface area contributed by atoms with Crippen molar-refractivity contribution in [3.05, 3.63) is 23.9 Å². The van der Waals surface area contributed by atoms with Crippen LogP contribution in [0.3, 0.4) is 0 Å². The number of hydrogen-bond donors (Lipinski definition) is 2. The second-order valence-electron chi connectivity index (χ2n) is 4.95. The van der Waals surface area contributed by atoms with Crippen LogP contribution in [-0.4, -0.2) is 42.6 Å². The Morgan fingerprint density at radius 2 is 2.14 bits per heavy atom. The molecule has 5 nitrogen and oxygen atoms in total. The van der Waals surface area contributed by atoms with Crippen molar-refractivity contribution >= 4 is 41.7 Å². The maximum Gasteiger partial charge on any atom is 0.213 e. The third-order valence-electron chi connectivity index (χ3n) is 2.93. The quantitative estimate of drug-likeness (QED) is 0.418. The van der Waals surface area contributed by atoms with Crippen LogP contribution < -0.4 is 15.4 Å². The molecule has 0 aromatic carbocycles. The van der Waals surface area contributed by atoms with Crippen LogP contribution in [0.25, 0.3) is 0 Å². The van der Waals surface area contributed by atoms with Crippen molar-refractivity contribution < 1.29 is 4.74 Å². The molecule has 120 valence electrons. The van der Waals surface area contributed by atoms with Crippen LogP contribution in [0.4, 0.5) is 0 Å². The molecular formula is C14H25IN4OS. The highest BCUT2D eigenvalue weighted by Crippen LogP contribution is 2.19. The topological polar surface area (TPSA) is 58.5 Å². The lowest BCUT2D eigenvalue weighted by Crippen LogP contribution is -2.42. The summed E-state index contributed by atoms with van der Waals surface area (Å²) in [5.74, 6) is 1.42. The molecule has 1 aromatic heterocycles. The zero-order valence-electron chi connectivity index (χ0n) is 13.3. The summed E-state index contributed by atoms with van der Waals surface area (Å²) in [5, 5.41) is 6.61. The largest absolute Gasteiger partial charge is 0.481 e. The number of rotatable bonds is 6. The molecule has 0 unspecified atom stereocenters. The molecule has 1 aromatic rings. The van der Waals surface area contributed by atoms with E-state index in [-0.39, 0.29) is 28.7 Å². The Morgan fingerprint density at radius 1 is 1.43 bits per heavy atom. The molecule has 0 saturated heterocycles. The standard InChI is InChI=1S/C14H24N4OS.HI/c1-14(2,20-5)10-18-13(15-3)17-9-11-6-7-16-12(8-11)19-4;/h6-8H,9-10H2,1-5H3,(H2,15,17,18);1H. The van der Waals surface area contributed by atoms with E-state index in [1.165, 1.54) is 0 Å². The Hall–Kier alpha value is -0.700. The van der Waals surface area contributed by atoms with Crippen LogP contribution in [0.1, 0.15) is 19.4 Å². The van der Waals surface area contributed by atoms with Gasteiger partial charge in [-0.05, 0) is 31.7 Å². The average molecular weight is 424 g/mol. The number of thioether (sulfide) groups is 1. The summed E-state index contributed by atoms with van der Waals surface area (Å²) in [6.45, 7) is 5.93. The van der Waals surface area contributed by atoms with Gasteiger partial charge in [-0.25, -0.2) is 4.98 Å². The fourth-order valence-corrected chi connectivity index (χ4v) is 1.66. The van der Waals surface area contributed by atoms with E-state index in [2.05, 4.69) is 40.7 Å². The van der Waals surface area contributed by atoms with Gasteiger partial charge in [0.25, 0.3) is 0 Å². The van der Waals surface area contributed by atoms with Gasteiger partial charge in [-0.2, -0.15) is 11.8 Å². The predicted molar refractivity (Wildman–Crippen MR) is 102 cm³/mol. The summed E-state index contributed by atoms with van der Waals surface area (Å²) in [7, 11) is 3.39. The SMILES string of the molecule is CN=C(NCc1ccnc(OC)c1)NCC(C)(C)SC.I. The molecule has 7 heteroatoms. The van der Waals surface area contributed by atoms with E-state index in [0.717, 1.165) is 18.1 Å². The summed E-state index contributed by atoms with van der Waals surface area (Å²) in [4.78, 5) is 8.31. The fourth-order valence-electron chi connectivity index (χ4n) is 1.45. The van der Waals surface area contributed by atoms with Crippen LogP contribution >= 0.6 is 35.7 Å². The number of nitrogens with one attached hydrogen (secondary N) is 2.